The third-order valence-electron chi connectivity index (χ3n) is 5.26. The van der Waals surface area contributed by atoms with E-state index in [2.05, 4.69) is 10.3 Å². The van der Waals surface area contributed by atoms with Crippen molar-refractivity contribution in [3.05, 3.63) is 88.2 Å². The number of carbonyl (C=O) groups excluding carboxylic acids is 1. The number of hydrogen-bond donors (Lipinski definition) is 1. The summed E-state index contributed by atoms with van der Waals surface area (Å²) in [5.41, 5.74) is 3.12. The van der Waals surface area contributed by atoms with Gasteiger partial charge < -0.3 is 14.8 Å². The molecular weight excluding hydrogens is 438 g/mol. The number of nitrogens with one attached hydrogen (secondary N) is 1. The Morgan fingerprint density at radius 1 is 1.06 bits per heavy atom. The van der Waals surface area contributed by atoms with Gasteiger partial charge in [0.1, 0.15) is 0 Å². The van der Waals surface area contributed by atoms with Crippen LogP contribution in [0.2, 0.25) is 0 Å². The fraction of sp³-hybridized carbons (Fsp3) is 0.160. The molecule has 166 valence electrons. The number of aryl methyl sites for hydroxylation is 1. The number of aromatic nitrogens is 2. The number of nitrogens with zero attached hydrogens (tertiary/aromatic N) is 2. The molecule has 33 heavy (non-hydrogen) atoms. The van der Waals surface area contributed by atoms with E-state index in [9.17, 15) is 9.59 Å². The minimum atomic E-state index is -0.158. The molecule has 2 heterocycles. The number of fused-ring (bicyclic) bond motifs is 2. The summed E-state index contributed by atoms with van der Waals surface area (Å²) in [5.74, 6) is 1.35. The normalized spacial score (nSPS) is 12.2. The van der Waals surface area contributed by atoms with E-state index in [0.29, 0.717) is 34.1 Å². The highest BCUT2D eigenvalue weighted by Gasteiger charge is 2.16. The lowest BCUT2D eigenvalue weighted by Crippen LogP contribution is -2.26. The van der Waals surface area contributed by atoms with E-state index >= 15 is 0 Å². The van der Waals surface area contributed by atoms with Crippen molar-refractivity contribution in [1.82, 2.24) is 14.9 Å². The molecule has 0 atom stereocenters. The van der Waals surface area contributed by atoms with Gasteiger partial charge in [-0.2, -0.15) is 0 Å². The van der Waals surface area contributed by atoms with E-state index in [4.69, 9.17) is 9.47 Å². The molecule has 0 unspecified atom stereocenters. The summed E-state index contributed by atoms with van der Waals surface area (Å²) < 4.78 is 12.3. The SMILES string of the molecule is Cc1cccc(-n2c(SCC(=O)NCc3ccc4c(c3)OCO4)nc3ccccc3c2=O)c1. The lowest BCUT2D eigenvalue weighted by molar-refractivity contribution is -0.118. The summed E-state index contributed by atoms with van der Waals surface area (Å²) in [6, 6.07) is 20.5. The Bertz CT molecular complexity index is 1420. The van der Waals surface area contributed by atoms with Crippen LogP contribution in [-0.2, 0) is 11.3 Å². The average Bonchev–Trinajstić information content (AvgIpc) is 3.29. The number of para-hydroxylation sites is 1. The molecule has 5 rings (SSSR count). The number of amides is 1. The van der Waals surface area contributed by atoms with Crippen LogP contribution in [0.5, 0.6) is 11.5 Å². The second-order valence-electron chi connectivity index (χ2n) is 7.64. The van der Waals surface area contributed by atoms with Crippen molar-refractivity contribution in [1.29, 1.82) is 0 Å². The Kier molecular flexibility index (Phi) is 5.75. The molecule has 0 bridgehead atoms. The number of rotatable bonds is 6. The molecule has 0 spiro atoms. The van der Waals surface area contributed by atoms with E-state index < -0.39 is 0 Å². The van der Waals surface area contributed by atoms with Crippen molar-refractivity contribution in [2.24, 2.45) is 0 Å². The van der Waals surface area contributed by atoms with Crippen LogP contribution >= 0.6 is 11.8 Å². The highest BCUT2D eigenvalue weighted by molar-refractivity contribution is 7.99. The predicted molar refractivity (Wildman–Crippen MR) is 127 cm³/mol. The number of benzene rings is 3. The third-order valence-corrected chi connectivity index (χ3v) is 6.20. The first-order chi connectivity index (χ1) is 16.1. The second-order valence-corrected chi connectivity index (χ2v) is 8.59. The van der Waals surface area contributed by atoms with Gasteiger partial charge in [0.15, 0.2) is 16.7 Å². The topological polar surface area (TPSA) is 82.5 Å². The quantitative estimate of drug-likeness (QED) is 0.349. The maximum Gasteiger partial charge on any atom is 0.266 e. The molecule has 1 N–H and O–H groups in total. The first-order valence-corrected chi connectivity index (χ1v) is 11.4. The zero-order chi connectivity index (χ0) is 22.8. The largest absolute Gasteiger partial charge is 0.454 e. The van der Waals surface area contributed by atoms with Crippen molar-refractivity contribution in [2.75, 3.05) is 12.5 Å². The van der Waals surface area contributed by atoms with Crippen LogP contribution < -0.4 is 20.3 Å². The highest BCUT2D eigenvalue weighted by Crippen LogP contribution is 2.32. The van der Waals surface area contributed by atoms with E-state index in [-0.39, 0.29) is 24.0 Å². The summed E-state index contributed by atoms with van der Waals surface area (Å²) in [6.07, 6.45) is 0. The second kappa shape index (κ2) is 8.99. The van der Waals surface area contributed by atoms with Gasteiger partial charge in [0.25, 0.3) is 5.56 Å². The molecule has 1 aliphatic heterocycles. The smallest absolute Gasteiger partial charge is 0.266 e. The fourth-order valence-electron chi connectivity index (χ4n) is 3.64. The van der Waals surface area contributed by atoms with Crippen molar-refractivity contribution in [2.45, 2.75) is 18.6 Å². The van der Waals surface area contributed by atoms with Crippen LogP contribution in [0.4, 0.5) is 0 Å². The molecule has 0 aliphatic carbocycles. The van der Waals surface area contributed by atoms with Gasteiger partial charge in [0.2, 0.25) is 12.7 Å². The van der Waals surface area contributed by atoms with Crippen LogP contribution in [0.1, 0.15) is 11.1 Å². The van der Waals surface area contributed by atoms with Crippen molar-refractivity contribution < 1.29 is 14.3 Å². The molecular formula is C25H21N3O4S. The lowest BCUT2D eigenvalue weighted by atomic mass is 10.2. The van der Waals surface area contributed by atoms with Crippen LogP contribution in [0.25, 0.3) is 16.6 Å². The van der Waals surface area contributed by atoms with Crippen molar-refractivity contribution in [3.8, 4) is 17.2 Å². The molecule has 1 aliphatic rings. The molecule has 7 nitrogen and oxygen atoms in total. The maximum atomic E-state index is 13.3. The Morgan fingerprint density at radius 3 is 2.79 bits per heavy atom. The van der Waals surface area contributed by atoms with Crippen LogP contribution in [-0.4, -0.2) is 28.0 Å². The summed E-state index contributed by atoms with van der Waals surface area (Å²) >= 11 is 1.24. The van der Waals surface area contributed by atoms with Gasteiger partial charge >= 0.3 is 0 Å². The summed E-state index contributed by atoms with van der Waals surface area (Å²) in [4.78, 5) is 30.6. The van der Waals surface area contributed by atoms with Gasteiger partial charge in [-0.1, -0.05) is 42.1 Å². The number of carbonyl (C=O) groups is 1. The van der Waals surface area contributed by atoms with Crippen LogP contribution in [0.15, 0.2) is 76.7 Å². The van der Waals surface area contributed by atoms with Crippen LogP contribution in [0, 0.1) is 6.92 Å². The zero-order valence-electron chi connectivity index (χ0n) is 17.9. The zero-order valence-corrected chi connectivity index (χ0v) is 18.7. The van der Waals surface area contributed by atoms with Gasteiger partial charge in [-0.05, 0) is 54.4 Å². The summed E-state index contributed by atoms with van der Waals surface area (Å²) in [7, 11) is 0. The van der Waals surface area contributed by atoms with Crippen molar-refractivity contribution >= 4 is 28.6 Å². The molecule has 1 amide bonds. The monoisotopic (exact) mass is 459 g/mol. The minimum Gasteiger partial charge on any atom is -0.454 e. The fourth-order valence-corrected chi connectivity index (χ4v) is 4.48. The predicted octanol–water partition coefficient (Wildman–Crippen LogP) is 3.83. The summed E-state index contributed by atoms with van der Waals surface area (Å²) in [5, 5.41) is 3.92. The molecule has 0 radical (unpaired) electrons. The molecule has 3 aromatic carbocycles. The molecule has 8 heteroatoms. The Labute approximate surface area is 194 Å². The minimum absolute atomic E-state index is 0.126. The highest BCUT2D eigenvalue weighted by atomic mass is 32.2. The maximum absolute atomic E-state index is 13.3. The van der Waals surface area contributed by atoms with Crippen LogP contribution in [0.3, 0.4) is 0 Å². The first-order valence-electron chi connectivity index (χ1n) is 10.5. The molecule has 1 aromatic heterocycles. The number of thioether (sulfide) groups is 1. The van der Waals surface area contributed by atoms with Crippen molar-refractivity contribution in [3.63, 3.8) is 0 Å². The van der Waals surface area contributed by atoms with E-state index in [1.807, 2.05) is 61.5 Å². The van der Waals surface area contributed by atoms with E-state index in [1.165, 1.54) is 11.8 Å². The molecule has 4 aromatic rings. The number of ether oxygens (including phenoxy) is 2. The number of hydrogen-bond acceptors (Lipinski definition) is 6. The standard InChI is InChI=1S/C25H21N3O4S/c1-16-5-4-6-18(11-16)28-24(30)19-7-2-3-8-20(19)27-25(28)33-14-23(29)26-13-17-9-10-21-22(12-17)32-15-31-21/h2-12H,13-15H2,1H3,(H,26,29). The molecule has 0 saturated carbocycles. The Hall–Kier alpha value is -3.78. The summed E-state index contributed by atoms with van der Waals surface area (Å²) in [6.45, 7) is 2.55. The molecule has 0 fully saturated rings. The van der Waals surface area contributed by atoms with Gasteiger partial charge in [-0.25, -0.2) is 4.98 Å². The average molecular weight is 460 g/mol. The van der Waals surface area contributed by atoms with E-state index in [1.54, 1.807) is 16.7 Å². The van der Waals surface area contributed by atoms with E-state index in [0.717, 1.165) is 16.8 Å². The first kappa shape index (κ1) is 21.1. The Balaban J connectivity index is 1.36. The lowest BCUT2D eigenvalue weighted by Gasteiger charge is -2.14. The Morgan fingerprint density at radius 2 is 1.91 bits per heavy atom. The van der Waals surface area contributed by atoms with Gasteiger partial charge in [-0.3, -0.25) is 14.2 Å². The van der Waals surface area contributed by atoms with Gasteiger partial charge in [-0.15, -0.1) is 0 Å². The van der Waals surface area contributed by atoms with Gasteiger partial charge in [0, 0.05) is 6.54 Å². The molecule has 0 saturated heterocycles. The third kappa shape index (κ3) is 4.42. The van der Waals surface area contributed by atoms with Gasteiger partial charge in [0.05, 0.1) is 22.3 Å².